The molecule has 1 unspecified atom stereocenters. The van der Waals surface area contributed by atoms with Crippen LogP contribution in [0.15, 0.2) is 48.5 Å². The van der Waals surface area contributed by atoms with Crippen LogP contribution < -0.4 is 16.0 Å². The maximum absolute atomic E-state index is 5.70. The smallest absolute Gasteiger partial charge is 0.119 e. The van der Waals surface area contributed by atoms with Crippen LogP contribution in [0.2, 0.25) is 0 Å². The zero-order chi connectivity index (χ0) is 14.4. The van der Waals surface area contributed by atoms with Gasteiger partial charge < -0.3 is 4.74 Å². The Kier molecular flexibility index (Phi) is 5.16. The van der Waals surface area contributed by atoms with Gasteiger partial charge in [0, 0.05) is 6.04 Å². The first kappa shape index (κ1) is 14.6. The Bertz CT molecular complexity index is 554. The second-order valence-corrected chi connectivity index (χ2v) is 5.02. The fourth-order valence-electron chi connectivity index (χ4n) is 2.38. The van der Waals surface area contributed by atoms with E-state index in [0.29, 0.717) is 0 Å². The lowest BCUT2D eigenvalue weighted by molar-refractivity contribution is 0.412. The summed E-state index contributed by atoms with van der Waals surface area (Å²) in [6, 6.07) is 16.8. The van der Waals surface area contributed by atoms with E-state index in [1.54, 1.807) is 7.11 Å². The Labute approximate surface area is 120 Å². The van der Waals surface area contributed by atoms with Crippen LogP contribution in [-0.4, -0.2) is 7.11 Å². The summed E-state index contributed by atoms with van der Waals surface area (Å²) in [4.78, 5) is 0. The van der Waals surface area contributed by atoms with E-state index in [9.17, 15) is 0 Å². The summed E-state index contributed by atoms with van der Waals surface area (Å²) >= 11 is 0. The summed E-state index contributed by atoms with van der Waals surface area (Å²) < 4.78 is 5.26. The third-order valence-corrected chi connectivity index (χ3v) is 3.50. The van der Waals surface area contributed by atoms with E-state index < -0.39 is 0 Å². The van der Waals surface area contributed by atoms with Crippen LogP contribution in [-0.2, 0) is 6.42 Å². The van der Waals surface area contributed by atoms with E-state index in [4.69, 9.17) is 10.6 Å². The standard InChI is InChI=1S/C17H22N2O/c1-13-5-3-6-14(11-13)9-10-17(19-18)15-7-4-8-16(12-15)20-2/h3-8,11-12,17,19H,9-10,18H2,1-2H3. The number of ether oxygens (including phenoxy) is 1. The Morgan fingerprint density at radius 1 is 1.15 bits per heavy atom. The monoisotopic (exact) mass is 270 g/mol. The SMILES string of the molecule is COc1cccc(C(CCc2cccc(C)c2)NN)c1. The highest BCUT2D eigenvalue weighted by Crippen LogP contribution is 2.22. The number of hydrazine groups is 1. The highest BCUT2D eigenvalue weighted by molar-refractivity contribution is 5.31. The van der Waals surface area contributed by atoms with Crippen molar-refractivity contribution in [1.82, 2.24) is 5.43 Å². The molecule has 2 rings (SSSR count). The molecular formula is C17H22N2O. The van der Waals surface area contributed by atoms with E-state index in [2.05, 4.69) is 42.7 Å². The van der Waals surface area contributed by atoms with E-state index >= 15 is 0 Å². The van der Waals surface area contributed by atoms with Gasteiger partial charge in [0.2, 0.25) is 0 Å². The fourth-order valence-corrected chi connectivity index (χ4v) is 2.38. The number of benzene rings is 2. The highest BCUT2D eigenvalue weighted by atomic mass is 16.5. The molecule has 0 fully saturated rings. The van der Waals surface area contributed by atoms with Crippen molar-refractivity contribution < 1.29 is 4.74 Å². The first-order valence-electron chi connectivity index (χ1n) is 6.88. The summed E-state index contributed by atoms with van der Waals surface area (Å²) in [6.07, 6.45) is 1.95. The third-order valence-electron chi connectivity index (χ3n) is 3.50. The third kappa shape index (κ3) is 3.83. The minimum absolute atomic E-state index is 0.130. The Hall–Kier alpha value is -1.84. The van der Waals surface area contributed by atoms with Crippen LogP contribution in [0.3, 0.4) is 0 Å². The van der Waals surface area contributed by atoms with Crippen molar-refractivity contribution in [2.75, 3.05) is 7.11 Å². The number of nitrogens with two attached hydrogens (primary N) is 1. The summed E-state index contributed by atoms with van der Waals surface area (Å²) in [7, 11) is 1.68. The normalized spacial score (nSPS) is 12.2. The summed E-state index contributed by atoms with van der Waals surface area (Å²) in [5.41, 5.74) is 6.68. The molecule has 20 heavy (non-hydrogen) atoms. The zero-order valence-electron chi connectivity index (χ0n) is 12.1. The molecule has 3 nitrogen and oxygen atoms in total. The molecule has 0 heterocycles. The Morgan fingerprint density at radius 3 is 2.65 bits per heavy atom. The predicted octanol–water partition coefficient (Wildman–Crippen LogP) is 3.14. The molecule has 0 saturated carbocycles. The lowest BCUT2D eigenvalue weighted by Gasteiger charge is -2.17. The minimum atomic E-state index is 0.130. The van der Waals surface area contributed by atoms with Crippen LogP contribution in [0.25, 0.3) is 0 Å². The second kappa shape index (κ2) is 7.08. The Balaban J connectivity index is 2.05. The van der Waals surface area contributed by atoms with Crippen molar-refractivity contribution in [2.45, 2.75) is 25.8 Å². The van der Waals surface area contributed by atoms with Gasteiger partial charge in [-0.25, -0.2) is 0 Å². The van der Waals surface area contributed by atoms with Crippen LogP contribution in [0.4, 0.5) is 0 Å². The average molecular weight is 270 g/mol. The van der Waals surface area contributed by atoms with E-state index in [1.807, 2.05) is 18.2 Å². The number of rotatable bonds is 6. The fraction of sp³-hybridized carbons (Fsp3) is 0.294. The summed E-state index contributed by atoms with van der Waals surface area (Å²) in [6.45, 7) is 2.12. The molecular weight excluding hydrogens is 248 g/mol. The van der Waals surface area contributed by atoms with Gasteiger partial charge in [0.05, 0.1) is 7.11 Å². The molecule has 1 atom stereocenters. The molecule has 0 aliphatic carbocycles. The average Bonchev–Trinajstić information content (AvgIpc) is 2.48. The van der Waals surface area contributed by atoms with Crippen molar-refractivity contribution in [3.63, 3.8) is 0 Å². The van der Waals surface area contributed by atoms with Crippen molar-refractivity contribution >= 4 is 0 Å². The van der Waals surface area contributed by atoms with Crippen molar-refractivity contribution in [3.05, 3.63) is 65.2 Å². The van der Waals surface area contributed by atoms with Crippen LogP contribution >= 0.6 is 0 Å². The van der Waals surface area contributed by atoms with Gasteiger partial charge in [-0.15, -0.1) is 0 Å². The number of methoxy groups -OCH3 is 1. The van der Waals surface area contributed by atoms with Crippen molar-refractivity contribution in [1.29, 1.82) is 0 Å². The molecule has 0 radical (unpaired) electrons. The van der Waals surface area contributed by atoms with Crippen molar-refractivity contribution in [2.24, 2.45) is 5.84 Å². The second-order valence-electron chi connectivity index (χ2n) is 5.02. The molecule has 2 aromatic rings. The van der Waals surface area contributed by atoms with Crippen LogP contribution in [0.5, 0.6) is 5.75 Å². The highest BCUT2D eigenvalue weighted by Gasteiger charge is 2.10. The largest absolute Gasteiger partial charge is 0.497 e. The maximum Gasteiger partial charge on any atom is 0.119 e. The van der Waals surface area contributed by atoms with Gasteiger partial charge in [-0.1, -0.05) is 42.0 Å². The number of hydrogen-bond acceptors (Lipinski definition) is 3. The summed E-state index contributed by atoms with van der Waals surface area (Å²) in [5.74, 6) is 6.56. The van der Waals surface area contributed by atoms with Gasteiger partial charge in [0.1, 0.15) is 5.75 Å². The lowest BCUT2D eigenvalue weighted by atomic mass is 9.98. The molecule has 0 amide bonds. The van der Waals surface area contributed by atoms with Crippen LogP contribution in [0, 0.1) is 6.92 Å². The number of hydrogen-bond donors (Lipinski definition) is 2. The van der Waals surface area contributed by atoms with Gasteiger partial charge in [-0.2, -0.15) is 0 Å². The predicted molar refractivity (Wildman–Crippen MR) is 82.6 cm³/mol. The molecule has 0 spiro atoms. The zero-order valence-corrected chi connectivity index (χ0v) is 12.1. The van der Waals surface area contributed by atoms with E-state index in [-0.39, 0.29) is 6.04 Å². The maximum atomic E-state index is 5.70. The molecule has 0 bridgehead atoms. The van der Waals surface area contributed by atoms with Crippen molar-refractivity contribution in [3.8, 4) is 5.75 Å². The molecule has 0 saturated heterocycles. The molecule has 3 heteroatoms. The van der Waals surface area contributed by atoms with Gasteiger partial charge >= 0.3 is 0 Å². The van der Waals surface area contributed by atoms with Gasteiger partial charge in [-0.3, -0.25) is 11.3 Å². The first-order chi connectivity index (χ1) is 9.72. The molecule has 2 aromatic carbocycles. The Morgan fingerprint density at radius 2 is 1.95 bits per heavy atom. The van der Waals surface area contributed by atoms with Crippen LogP contribution in [0.1, 0.15) is 29.2 Å². The topological polar surface area (TPSA) is 47.3 Å². The minimum Gasteiger partial charge on any atom is -0.497 e. The summed E-state index contributed by atoms with van der Waals surface area (Å²) in [5, 5.41) is 0. The lowest BCUT2D eigenvalue weighted by Crippen LogP contribution is -2.28. The molecule has 0 aliphatic rings. The molecule has 0 aromatic heterocycles. The van der Waals surface area contributed by atoms with E-state index in [1.165, 1.54) is 11.1 Å². The van der Waals surface area contributed by atoms with Gasteiger partial charge in [0.25, 0.3) is 0 Å². The molecule has 106 valence electrons. The number of nitrogens with one attached hydrogen (secondary N) is 1. The quantitative estimate of drug-likeness (QED) is 0.626. The van der Waals surface area contributed by atoms with Gasteiger partial charge in [0.15, 0.2) is 0 Å². The number of aryl methyl sites for hydroxylation is 2. The van der Waals surface area contributed by atoms with Gasteiger partial charge in [-0.05, 0) is 43.0 Å². The molecule has 3 N–H and O–H groups in total. The first-order valence-corrected chi connectivity index (χ1v) is 6.88. The molecule has 0 aliphatic heterocycles. The van der Waals surface area contributed by atoms with E-state index in [0.717, 1.165) is 24.2 Å².